The number of hydrogen-bond donors (Lipinski definition) is 1. The highest BCUT2D eigenvalue weighted by Crippen LogP contribution is 2.11. The van der Waals surface area contributed by atoms with Crippen molar-refractivity contribution in [2.45, 2.75) is 45.1 Å². The molecule has 0 radical (unpaired) electrons. The molecule has 1 N–H and O–H groups in total. The lowest BCUT2D eigenvalue weighted by Crippen LogP contribution is -2.31. The van der Waals surface area contributed by atoms with Gasteiger partial charge in [0.2, 0.25) is 5.91 Å². The van der Waals surface area contributed by atoms with Crippen LogP contribution in [0.5, 0.6) is 0 Å². The van der Waals surface area contributed by atoms with Gasteiger partial charge in [-0.1, -0.05) is 6.92 Å². The molecule has 13 heavy (non-hydrogen) atoms. The fourth-order valence-corrected chi connectivity index (χ4v) is 1.70. The lowest BCUT2D eigenvalue weighted by Gasteiger charge is -2.19. The van der Waals surface area contributed by atoms with Crippen LogP contribution in [-0.2, 0) is 4.79 Å². The Labute approximate surface area is 79.7 Å². The van der Waals surface area contributed by atoms with E-state index in [0.29, 0.717) is 6.42 Å². The van der Waals surface area contributed by atoms with Crippen LogP contribution in [0.3, 0.4) is 0 Å². The third-order valence-corrected chi connectivity index (χ3v) is 2.51. The number of amides is 1. The first-order valence-corrected chi connectivity index (χ1v) is 5.20. The topological polar surface area (TPSA) is 40.5 Å². The van der Waals surface area contributed by atoms with Gasteiger partial charge in [0.25, 0.3) is 0 Å². The summed E-state index contributed by atoms with van der Waals surface area (Å²) >= 11 is 0. The number of rotatable bonds is 2. The van der Waals surface area contributed by atoms with Gasteiger partial charge in [-0.15, -0.1) is 0 Å². The van der Waals surface area contributed by atoms with Gasteiger partial charge in [0.05, 0.1) is 6.10 Å². The molecule has 0 aromatic carbocycles. The van der Waals surface area contributed by atoms with Gasteiger partial charge in [-0.05, 0) is 25.7 Å². The van der Waals surface area contributed by atoms with Crippen molar-refractivity contribution in [3.05, 3.63) is 0 Å². The molecule has 0 saturated carbocycles. The third kappa shape index (κ3) is 3.35. The van der Waals surface area contributed by atoms with Crippen molar-refractivity contribution in [1.82, 2.24) is 4.90 Å². The Morgan fingerprint density at radius 3 is 2.92 bits per heavy atom. The van der Waals surface area contributed by atoms with Crippen LogP contribution in [0, 0.1) is 0 Å². The molecule has 1 heterocycles. The van der Waals surface area contributed by atoms with Crippen LogP contribution < -0.4 is 0 Å². The summed E-state index contributed by atoms with van der Waals surface area (Å²) in [6, 6.07) is 0. The molecule has 1 unspecified atom stereocenters. The Bertz CT molecular complexity index is 170. The zero-order chi connectivity index (χ0) is 9.68. The molecule has 1 rings (SSSR count). The molecule has 0 bridgehead atoms. The summed E-state index contributed by atoms with van der Waals surface area (Å²) in [5, 5.41) is 9.38. The van der Waals surface area contributed by atoms with Gasteiger partial charge in [0, 0.05) is 19.5 Å². The Morgan fingerprint density at radius 2 is 2.23 bits per heavy atom. The Hall–Kier alpha value is -0.570. The highest BCUT2D eigenvalue weighted by atomic mass is 16.3. The van der Waals surface area contributed by atoms with Crippen molar-refractivity contribution >= 4 is 5.91 Å². The number of carbonyl (C=O) groups is 1. The van der Waals surface area contributed by atoms with E-state index in [0.717, 1.165) is 38.8 Å². The summed E-state index contributed by atoms with van der Waals surface area (Å²) in [7, 11) is 0. The summed E-state index contributed by atoms with van der Waals surface area (Å²) in [5.74, 6) is 0.247. The van der Waals surface area contributed by atoms with E-state index in [9.17, 15) is 9.90 Å². The second-order valence-electron chi connectivity index (χ2n) is 3.72. The summed E-state index contributed by atoms with van der Waals surface area (Å²) in [4.78, 5) is 13.4. The van der Waals surface area contributed by atoms with E-state index in [4.69, 9.17) is 0 Å². The fourth-order valence-electron chi connectivity index (χ4n) is 1.70. The zero-order valence-corrected chi connectivity index (χ0v) is 8.33. The van der Waals surface area contributed by atoms with E-state index in [1.54, 1.807) is 0 Å². The molecule has 1 aliphatic heterocycles. The van der Waals surface area contributed by atoms with Crippen LogP contribution in [0.1, 0.15) is 39.0 Å². The number of hydrogen-bond acceptors (Lipinski definition) is 2. The molecule has 0 aromatic heterocycles. The maximum atomic E-state index is 11.5. The number of carbonyl (C=O) groups excluding carboxylic acids is 1. The van der Waals surface area contributed by atoms with E-state index in [1.807, 2.05) is 11.8 Å². The van der Waals surface area contributed by atoms with Crippen LogP contribution in [0.2, 0.25) is 0 Å². The lowest BCUT2D eigenvalue weighted by molar-refractivity contribution is -0.131. The van der Waals surface area contributed by atoms with Crippen LogP contribution in [-0.4, -0.2) is 35.1 Å². The average molecular weight is 185 g/mol. The normalized spacial score (nSPS) is 24.2. The molecule has 1 fully saturated rings. The van der Waals surface area contributed by atoms with Crippen molar-refractivity contribution in [1.29, 1.82) is 0 Å². The largest absolute Gasteiger partial charge is 0.393 e. The monoisotopic (exact) mass is 185 g/mol. The minimum absolute atomic E-state index is 0.195. The standard InChI is InChI=1S/C10H19NO2/c1-2-4-10(13)11-7-3-5-9(12)6-8-11/h9,12H,2-8H2,1H3. The van der Waals surface area contributed by atoms with Crippen molar-refractivity contribution in [3.63, 3.8) is 0 Å². The smallest absolute Gasteiger partial charge is 0.222 e. The minimum Gasteiger partial charge on any atom is -0.393 e. The highest BCUT2D eigenvalue weighted by Gasteiger charge is 2.17. The maximum absolute atomic E-state index is 11.5. The van der Waals surface area contributed by atoms with E-state index >= 15 is 0 Å². The number of nitrogens with zero attached hydrogens (tertiary/aromatic N) is 1. The van der Waals surface area contributed by atoms with Crippen LogP contribution in [0.4, 0.5) is 0 Å². The van der Waals surface area contributed by atoms with Crippen molar-refractivity contribution < 1.29 is 9.90 Å². The number of likely N-dealkylation sites (tertiary alicyclic amines) is 1. The van der Waals surface area contributed by atoms with Crippen molar-refractivity contribution in [2.75, 3.05) is 13.1 Å². The van der Waals surface area contributed by atoms with Crippen molar-refractivity contribution in [3.8, 4) is 0 Å². The van der Waals surface area contributed by atoms with Gasteiger partial charge >= 0.3 is 0 Å². The second kappa shape index (κ2) is 5.22. The molecular weight excluding hydrogens is 166 g/mol. The highest BCUT2D eigenvalue weighted by molar-refractivity contribution is 5.76. The molecule has 3 nitrogen and oxygen atoms in total. The molecule has 0 aromatic rings. The Kier molecular flexibility index (Phi) is 4.22. The quantitative estimate of drug-likeness (QED) is 0.701. The SMILES string of the molecule is CCCC(=O)N1CCCC(O)CC1. The summed E-state index contributed by atoms with van der Waals surface area (Å²) in [6.45, 7) is 3.58. The van der Waals surface area contributed by atoms with E-state index < -0.39 is 0 Å². The predicted molar refractivity (Wildman–Crippen MR) is 51.3 cm³/mol. The van der Waals surface area contributed by atoms with Gasteiger partial charge < -0.3 is 10.0 Å². The van der Waals surface area contributed by atoms with Gasteiger partial charge in [-0.2, -0.15) is 0 Å². The van der Waals surface area contributed by atoms with E-state index in [-0.39, 0.29) is 12.0 Å². The van der Waals surface area contributed by atoms with Gasteiger partial charge in [0.15, 0.2) is 0 Å². The first-order chi connectivity index (χ1) is 6.24. The molecule has 1 atom stereocenters. The minimum atomic E-state index is -0.195. The third-order valence-electron chi connectivity index (χ3n) is 2.51. The summed E-state index contributed by atoms with van der Waals surface area (Å²) < 4.78 is 0. The molecule has 3 heteroatoms. The predicted octanol–water partition coefficient (Wildman–Crippen LogP) is 1.16. The first kappa shape index (κ1) is 10.5. The molecule has 76 valence electrons. The van der Waals surface area contributed by atoms with Gasteiger partial charge in [-0.25, -0.2) is 0 Å². The number of aliphatic hydroxyl groups excluding tert-OH is 1. The fraction of sp³-hybridized carbons (Fsp3) is 0.900. The molecule has 0 aliphatic carbocycles. The summed E-state index contributed by atoms with van der Waals surface area (Å²) in [5.41, 5.74) is 0. The van der Waals surface area contributed by atoms with Gasteiger partial charge in [-0.3, -0.25) is 4.79 Å². The Morgan fingerprint density at radius 1 is 1.46 bits per heavy atom. The van der Waals surface area contributed by atoms with Crippen LogP contribution in [0.15, 0.2) is 0 Å². The molecule has 0 spiro atoms. The average Bonchev–Trinajstić information content (AvgIpc) is 2.30. The first-order valence-electron chi connectivity index (χ1n) is 5.20. The van der Waals surface area contributed by atoms with Crippen LogP contribution >= 0.6 is 0 Å². The zero-order valence-electron chi connectivity index (χ0n) is 8.33. The molecule has 1 amide bonds. The van der Waals surface area contributed by atoms with E-state index in [1.165, 1.54) is 0 Å². The van der Waals surface area contributed by atoms with Crippen molar-refractivity contribution in [2.24, 2.45) is 0 Å². The lowest BCUT2D eigenvalue weighted by atomic mass is 10.2. The molecule has 1 saturated heterocycles. The molecular formula is C10H19NO2. The maximum Gasteiger partial charge on any atom is 0.222 e. The second-order valence-corrected chi connectivity index (χ2v) is 3.72. The number of aliphatic hydroxyl groups is 1. The molecule has 1 aliphatic rings. The summed E-state index contributed by atoms with van der Waals surface area (Å²) in [6.07, 6.45) is 3.90. The Balaban J connectivity index is 2.37. The van der Waals surface area contributed by atoms with Gasteiger partial charge in [0.1, 0.15) is 0 Å². The van der Waals surface area contributed by atoms with Crippen LogP contribution in [0.25, 0.3) is 0 Å². The van der Waals surface area contributed by atoms with E-state index in [2.05, 4.69) is 0 Å².